The maximum atomic E-state index is 9.89. The van der Waals surface area contributed by atoms with Crippen molar-refractivity contribution < 1.29 is 5.11 Å². The van der Waals surface area contributed by atoms with Crippen LogP contribution in [0.15, 0.2) is 0 Å². The highest BCUT2D eigenvalue weighted by molar-refractivity contribution is 4.93. The van der Waals surface area contributed by atoms with Crippen molar-refractivity contribution in [2.24, 2.45) is 11.1 Å². The number of β-amino-alcohol motifs (C(OH)–C–C–N with tert-alkyl or cyclic N) is 1. The molecule has 0 bridgehead atoms. The van der Waals surface area contributed by atoms with Gasteiger partial charge in [0, 0.05) is 25.7 Å². The lowest BCUT2D eigenvalue weighted by Gasteiger charge is -2.37. The molecule has 1 aliphatic heterocycles. The van der Waals surface area contributed by atoms with Crippen molar-refractivity contribution in [3.05, 3.63) is 0 Å². The quantitative estimate of drug-likeness (QED) is 0.694. The molecule has 2 atom stereocenters. The van der Waals surface area contributed by atoms with Gasteiger partial charge < -0.3 is 10.8 Å². The van der Waals surface area contributed by atoms with Gasteiger partial charge in [0.2, 0.25) is 0 Å². The Balaban J connectivity index is 2.65. The fraction of sp³-hybridized carbons (Fsp3) is 1.00. The summed E-state index contributed by atoms with van der Waals surface area (Å²) in [6, 6.07) is 0.372. The van der Waals surface area contributed by atoms with E-state index in [1.807, 2.05) is 6.92 Å². The summed E-state index contributed by atoms with van der Waals surface area (Å²) in [6.45, 7) is 10.9. The number of nitrogens with two attached hydrogens (primary N) is 1. The van der Waals surface area contributed by atoms with Gasteiger partial charge in [-0.25, -0.2) is 0 Å². The number of rotatable bonds is 2. The lowest BCUT2D eigenvalue weighted by atomic mass is 9.86. The van der Waals surface area contributed by atoms with E-state index in [0.29, 0.717) is 12.6 Å². The first-order valence-corrected chi connectivity index (χ1v) is 5.43. The predicted molar refractivity (Wildman–Crippen MR) is 59.1 cm³/mol. The van der Waals surface area contributed by atoms with Crippen LogP contribution in [0.4, 0.5) is 0 Å². The molecule has 1 saturated heterocycles. The standard InChI is InChI=1S/C11H24N2O/c1-10(2,3)9(7-12)13-6-5-11(4,14)8-13/h9,14H,5-8,12H2,1-4H3. The first-order chi connectivity index (χ1) is 6.26. The SMILES string of the molecule is CC1(O)CCN(C(CN)C(C)(C)C)C1. The van der Waals surface area contributed by atoms with Crippen LogP contribution in [0.2, 0.25) is 0 Å². The number of nitrogens with zero attached hydrogens (tertiary/aromatic N) is 1. The normalized spacial score (nSPS) is 32.1. The Labute approximate surface area is 87.3 Å². The highest BCUT2D eigenvalue weighted by atomic mass is 16.3. The maximum Gasteiger partial charge on any atom is 0.0758 e. The smallest absolute Gasteiger partial charge is 0.0758 e. The Morgan fingerprint density at radius 1 is 1.50 bits per heavy atom. The second-order valence-electron chi connectivity index (χ2n) is 5.83. The summed E-state index contributed by atoms with van der Waals surface area (Å²) in [4.78, 5) is 2.32. The van der Waals surface area contributed by atoms with Gasteiger partial charge in [-0.05, 0) is 18.8 Å². The molecule has 0 aliphatic carbocycles. The van der Waals surface area contributed by atoms with Gasteiger partial charge in [0.05, 0.1) is 5.60 Å². The first-order valence-electron chi connectivity index (χ1n) is 5.43. The van der Waals surface area contributed by atoms with Crippen LogP contribution in [0, 0.1) is 5.41 Å². The molecule has 84 valence electrons. The van der Waals surface area contributed by atoms with E-state index >= 15 is 0 Å². The molecule has 0 aromatic carbocycles. The van der Waals surface area contributed by atoms with Gasteiger partial charge in [-0.1, -0.05) is 20.8 Å². The molecule has 3 nitrogen and oxygen atoms in total. The topological polar surface area (TPSA) is 49.5 Å². The molecule has 1 heterocycles. The van der Waals surface area contributed by atoms with Gasteiger partial charge in [-0.2, -0.15) is 0 Å². The van der Waals surface area contributed by atoms with E-state index < -0.39 is 5.60 Å². The zero-order valence-corrected chi connectivity index (χ0v) is 9.88. The Hall–Kier alpha value is -0.120. The summed E-state index contributed by atoms with van der Waals surface area (Å²) in [5, 5.41) is 9.89. The van der Waals surface area contributed by atoms with Crippen molar-refractivity contribution in [2.45, 2.75) is 45.8 Å². The van der Waals surface area contributed by atoms with E-state index in [9.17, 15) is 5.11 Å². The van der Waals surface area contributed by atoms with Crippen molar-refractivity contribution in [1.29, 1.82) is 0 Å². The van der Waals surface area contributed by atoms with Crippen LogP contribution in [0.3, 0.4) is 0 Å². The van der Waals surface area contributed by atoms with Crippen molar-refractivity contribution in [3.8, 4) is 0 Å². The fourth-order valence-electron chi connectivity index (χ4n) is 2.30. The van der Waals surface area contributed by atoms with E-state index in [0.717, 1.165) is 19.5 Å². The fourth-order valence-corrected chi connectivity index (χ4v) is 2.30. The van der Waals surface area contributed by atoms with Crippen LogP contribution in [-0.2, 0) is 0 Å². The molecule has 0 aromatic rings. The van der Waals surface area contributed by atoms with E-state index in [4.69, 9.17) is 5.73 Å². The van der Waals surface area contributed by atoms with Crippen LogP contribution < -0.4 is 5.73 Å². The van der Waals surface area contributed by atoms with Crippen molar-refractivity contribution >= 4 is 0 Å². The zero-order chi connectivity index (χ0) is 11.0. The summed E-state index contributed by atoms with van der Waals surface area (Å²) < 4.78 is 0. The molecule has 0 spiro atoms. The van der Waals surface area contributed by atoms with E-state index in [2.05, 4.69) is 25.7 Å². The Bertz CT molecular complexity index is 196. The Morgan fingerprint density at radius 3 is 2.36 bits per heavy atom. The van der Waals surface area contributed by atoms with Crippen molar-refractivity contribution in [1.82, 2.24) is 4.90 Å². The lowest BCUT2D eigenvalue weighted by Crippen LogP contribution is -2.48. The van der Waals surface area contributed by atoms with E-state index in [1.165, 1.54) is 0 Å². The Kier molecular flexibility index (Phi) is 3.24. The van der Waals surface area contributed by atoms with Crippen LogP contribution in [0.1, 0.15) is 34.1 Å². The molecular weight excluding hydrogens is 176 g/mol. The van der Waals surface area contributed by atoms with Gasteiger partial charge in [0.15, 0.2) is 0 Å². The maximum absolute atomic E-state index is 9.89. The second-order valence-corrected chi connectivity index (χ2v) is 5.83. The van der Waals surface area contributed by atoms with E-state index in [1.54, 1.807) is 0 Å². The summed E-state index contributed by atoms with van der Waals surface area (Å²) in [7, 11) is 0. The average Bonchev–Trinajstić information content (AvgIpc) is 2.29. The van der Waals surface area contributed by atoms with E-state index in [-0.39, 0.29) is 5.41 Å². The molecule has 14 heavy (non-hydrogen) atoms. The number of likely N-dealkylation sites (tertiary alicyclic amines) is 1. The molecule has 0 aromatic heterocycles. The molecule has 2 unspecified atom stereocenters. The monoisotopic (exact) mass is 200 g/mol. The molecule has 1 aliphatic rings. The molecule has 3 N–H and O–H groups in total. The Morgan fingerprint density at radius 2 is 2.07 bits per heavy atom. The summed E-state index contributed by atoms with van der Waals surface area (Å²) in [5.74, 6) is 0. The van der Waals surface area contributed by atoms with Gasteiger partial charge in [0.1, 0.15) is 0 Å². The molecular formula is C11H24N2O. The average molecular weight is 200 g/mol. The first kappa shape index (κ1) is 12.0. The number of hydrogen-bond donors (Lipinski definition) is 2. The third kappa shape index (κ3) is 2.69. The van der Waals surface area contributed by atoms with Crippen LogP contribution in [0.5, 0.6) is 0 Å². The molecule has 0 saturated carbocycles. The highest BCUT2D eigenvalue weighted by Crippen LogP contribution is 2.30. The molecule has 0 amide bonds. The number of hydrogen-bond acceptors (Lipinski definition) is 3. The minimum atomic E-state index is -0.515. The molecule has 0 radical (unpaired) electrons. The van der Waals surface area contributed by atoms with Crippen LogP contribution in [0.25, 0.3) is 0 Å². The zero-order valence-electron chi connectivity index (χ0n) is 9.88. The summed E-state index contributed by atoms with van der Waals surface area (Å²) in [5.41, 5.74) is 5.48. The van der Waals surface area contributed by atoms with Crippen molar-refractivity contribution in [3.63, 3.8) is 0 Å². The van der Waals surface area contributed by atoms with Crippen molar-refractivity contribution in [2.75, 3.05) is 19.6 Å². The van der Waals surface area contributed by atoms with Crippen LogP contribution in [-0.4, -0.2) is 41.3 Å². The van der Waals surface area contributed by atoms with Gasteiger partial charge in [0.25, 0.3) is 0 Å². The molecule has 3 heteroatoms. The minimum Gasteiger partial charge on any atom is -0.389 e. The molecule has 1 fully saturated rings. The third-order valence-corrected chi connectivity index (χ3v) is 3.15. The third-order valence-electron chi connectivity index (χ3n) is 3.15. The predicted octanol–water partition coefficient (Wildman–Crippen LogP) is 0.816. The van der Waals surface area contributed by atoms with Gasteiger partial charge in [-0.3, -0.25) is 4.90 Å². The van der Waals surface area contributed by atoms with Gasteiger partial charge >= 0.3 is 0 Å². The second kappa shape index (κ2) is 3.80. The minimum absolute atomic E-state index is 0.190. The largest absolute Gasteiger partial charge is 0.389 e. The summed E-state index contributed by atoms with van der Waals surface area (Å²) >= 11 is 0. The summed E-state index contributed by atoms with van der Waals surface area (Å²) in [6.07, 6.45) is 0.861. The van der Waals surface area contributed by atoms with Crippen LogP contribution >= 0.6 is 0 Å². The van der Waals surface area contributed by atoms with Gasteiger partial charge in [-0.15, -0.1) is 0 Å². The highest BCUT2D eigenvalue weighted by Gasteiger charge is 2.38. The number of aliphatic hydroxyl groups is 1. The lowest BCUT2D eigenvalue weighted by molar-refractivity contribution is 0.0485. The molecule has 1 rings (SSSR count).